The van der Waals surface area contributed by atoms with E-state index in [2.05, 4.69) is 21.7 Å². The zero-order valence-electron chi connectivity index (χ0n) is 20.6. The highest BCUT2D eigenvalue weighted by Crippen LogP contribution is 2.21. The standard InChI is InChI=1S/C27H32N6O3/c1-2-3-13-32-23(19-30-14-16-31(17-15-30)21-9-11-22(34)12-10-21)28-25-24(32)26(35)29-27(36)33(25)18-20-7-5-4-6-8-20/h4-12,34H,2-3,13-19H2,1H3,(H,29,35,36). The Balaban J connectivity index is 1.43. The molecule has 0 radical (unpaired) electrons. The molecule has 188 valence electrons. The minimum atomic E-state index is -0.439. The van der Waals surface area contributed by atoms with Crippen LogP contribution >= 0.6 is 0 Å². The summed E-state index contributed by atoms with van der Waals surface area (Å²) in [5, 5.41) is 9.57. The smallest absolute Gasteiger partial charge is 0.330 e. The number of phenols is 1. The average Bonchev–Trinajstić information content (AvgIpc) is 3.25. The third-order valence-electron chi connectivity index (χ3n) is 6.84. The Kier molecular flexibility index (Phi) is 6.90. The molecule has 2 N–H and O–H groups in total. The summed E-state index contributed by atoms with van der Waals surface area (Å²) >= 11 is 0. The molecule has 5 rings (SSSR count). The van der Waals surface area contributed by atoms with Crippen LogP contribution in [0, 0.1) is 0 Å². The lowest BCUT2D eigenvalue weighted by molar-refractivity contribution is 0.241. The van der Waals surface area contributed by atoms with Crippen molar-refractivity contribution >= 4 is 16.9 Å². The van der Waals surface area contributed by atoms with E-state index in [0.717, 1.165) is 56.1 Å². The second-order valence-corrected chi connectivity index (χ2v) is 9.32. The van der Waals surface area contributed by atoms with Crippen LogP contribution in [0.4, 0.5) is 5.69 Å². The normalized spacial score (nSPS) is 14.5. The van der Waals surface area contributed by atoms with Gasteiger partial charge >= 0.3 is 5.69 Å². The first-order chi connectivity index (χ1) is 17.5. The van der Waals surface area contributed by atoms with Gasteiger partial charge in [0.2, 0.25) is 0 Å². The number of nitrogens with zero attached hydrogens (tertiary/aromatic N) is 5. The number of aromatic nitrogens is 4. The molecule has 0 unspecified atom stereocenters. The van der Waals surface area contributed by atoms with Gasteiger partial charge in [0.1, 0.15) is 11.6 Å². The molecule has 9 nitrogen and oxygen atoms in total. The maximum absolute atomic E-state index is 12.9. The number of hydrogen-bond acceptors (Lipinski definition) is 6. The number of imidazole rings is 1. The van der Waals surface area contributed by atoms with Crippen molar-refractivity contribution in [3.05, 3.63) is 86.8 Å². The topological polar surface area (TPSA) is 99.4 Å². The Morgan fingerprint density at radius 1 is 0.917 bits per heavy atom. The number of fused-ring (bicyclic) bond motifs is 1. The van der Waals surface area contributed by atoms with Crippen LogP contribution in [0.25, 0.3) is 11.2 Å². The fraction of sp³-hybridized carbons (Fsp3) is 0.370. The van der Waals surface area contributed by atoms with Crippen LogP contribution in [0.15, 0.2) is 64.2 Å². The van der Waals surface area contributed by atoms with Crippen molar-refractivity contribution in [1.82, 2.24) is 24.0 Å². The highest BCUT2D eigenvalue weighted by molar-refractivity contribution is 5.71. The molecule has 4 aromatic rings. The van der Waals surface area contributed by atoms with E-state index in [-0.39, 0.29) is 11.3 Å². The number of aromatic amines is 1. The maximum Gasteiger partial charge on any atom is 0.330 e. The number of rotatable bonds is 8. The van der Waals surface area contributed by atoms with E-state index >= 15 is 0 Å². The van der Waals surface area contributed by atoms with E-state index in [1.807, 2.05) is 47.0 Å². The molecule has 36 heavy (non-hydrogen) atoms. The number of piperazine rings is 1. The number of phenolic OH excluding ortho intramolecular Hbond substituents is 1. The number of anilines is 1. The molecular weight excluding hydrogens is 456 g/mol. The molecule has 1 aliphatic heterocycles. The van der Waals surface area contributed by atoms with Gasteiger partial charge in [-0.1, -0.05) is 43.7 Å². The minimum Gasteiger partial charge on any atom is -0.508 e. The van der Waals surface area contributed by atoms with Gasteiger partial charge < -0.3 is 14.6 Å². The van der Waals surface area contributed by atoms with Gasteiger partial charge in [0.15, 0.2) is 11.2 Å². The van der Waals surface area contributed by atoms with E-state index in [1.54, 1.807) is 16.7 Å². The molecule has 0 saturated carbocycles. The summed E-state index contributed by atoms with van der Waals surface area (Å²) in [7, 11) is 0. The monoisotopic (exact) mass is 488 g/mol. The van der Waals surface area contributed by atoms with Gasteiger partial charge in [0.25, 0.3) is 5.56 Å². The van der Waals surface area contributed by atoms with Crippen molar-refractivity contribution in [2.45, 2.75) is 39.4 Å². The first-order valence-electron chi connectivity index (χ1n) is 12.6. The molecule has 1 saturated heterocycles. The molecule has 0 bridgehead atoms. The molecule has 2 aromatic carbocycles. The first-order valence-corrected chi connectivity index (χ1v) is 12.6. The Morgan fingerprint density at radius 2 is 1.64 bits per heavy atom. The van der Waals surface area contributed by atoms with Crippen molar-refractivity contribution in [3.8, 4) is 5.75 Å². The lowest BCUT2D eigenvalue weighted by Gasteiger charge is -2.36. The number of hydrogen-bond donors (Lipinski definition) is 2. The first kappa shape index (κ1) is 23.9. The lowest BCUT2D eigenvalue weighted by Crippen LogP contribution is -2.46. The van der Waals surface area contributed by atoms with Gasteiger partial charge in [0, 0.05) is 38.4 Å². The van der Waals surface area contributed by atoms with Crippen LogP contribution in [0.2, 0.25) is 0 Å². The largest absolute Gasteiger partial charge is 0.508 e. The Hall–Kier alpha value is -3.85. The van der Waals surface area contributed by atoms with E-state index < -0.39 is 5.69 Å². The summed E-state index contributed by atoms with van der Waals surface area (Å²) in [6.45, 7) is 7.19. The summed E-state index contributed by atoms with van der Waals surface area (Å²) in [5.74, 6) is 1.08. The van der Waals surface area contributed by atoms with Crippen LogP contribution in [0.1, 0.15) is 31.2 Å². The molecule has 0 amide bonds. The Bertz CT molecular complexity index is 1430. The van der Waals surface area contributed by atoms with Crippen LogP contribution in [0.5, 0.6) is 5.75 Å². The number of H-pyrrole nitrogens is 1. The number of benzene rings is 2. The number of unbranched alkanes of at least 4 members (excludes halogenated alkanes) is 1. The van der Waals surface area contributed by atoms with Gasteiger partial charge in [-0.05, 0) is 36.2 Å². The summed E-state index contributed by atoms with van der Waals surface area (Å²) in [6, 6.07) is 17.0. The van der Waals surface area contributed by atoms with E-state index in [1.165, 1.54) is 0 Å². The molecule has 1 fully saturated rings. The van der Waals surface area contributed by atoms with Gasteiger partial charge in [0.05, 0.1) is 13.1 Å². The SMILES string of the molecule is CCCCn1c(CN2CCN(c3ccc(O)cc3)CC2)nc2c1c(=O)[nH]c(=O)n2Cc1ccccc1. The summed E-state index contributed by atoms with van der Waals surface area (Å²) in [6.07, 6.45) is 1.91. The molecule has 0 atom stereocenters. The number of aryl methyl sites for hydroxylation is 1. The highest BCUT2D eigenvalue weighted by Gasteiger charge is 2.23. The maximum atomic E-state index is 12.9. The van der Waals surface area contributed by atoms with Gasteiger partial charge in [-0.25, -0.2) is 9.78 Å². The fourth-order valence-electron chi connectivity index (χ4n) is 4.84. The molecule has 3 heterocycles. The van der Waals surface area contributed by atoms with Crippen molar-refractivity contribution in [2.24, 2.45) is 0 Å². The molecule has 2 aromatic heterocycles. The minimum absolute atomic E-state index is 0.268. The third-order valence-corrected chi connectivity index (χ3v) is 6.84. The summed E-state index contributed by atoms with van der Waals surface area (Å²) in [4.78, 5) is 37.8. The van der Waals surface area contributed by atoms with E-state index in [0.29, 0.717) is 30.8 Å². The fourth-order valence-corrected chi connectivity index (χ4v) is 4.84. The van der Waals surface area contributed by atoms with Gasteiger partial charge in [-0.2, -0.15) is 0 Å². The second-order valence-electron chi connectivity index (χ2n) is 9.32. The van der Waals surface area contributed by atoms with Gasteiger partial charge in [-0.15, -0.1) is 0 Å². The Morgan fingerprint density at radius 3 is 2.33 bits per heavy atom. The second kappa shape index (κ2) is 10.4. The predicted octanol–water partition coefficient (Wildman–Crippen LogP) is 2.76. The third kappa shape index (κ3) is 4.92. The van der Waals surface area contributed by atoms with Crippen molar-refractivity contribution in [2.75, 3.05) is 31.1 Å². The van der Waals surface area contributed by atoms with Gasteiger partial charge in [-0.3, -0.25) is 19.2 Å². The van der Waals surface area contributed by atoms with E-state index in [4.69, 9.17) is 4.98 Å². The van der Waals surface area contributed by atoms with Crippen molar-refractivity contribution in [3.63, 3.8) is 0 Å². The van der Waals surface area contributed by atoms with Crippen molar-refractivity contribution < 1.29 is 5.11 Å². The van der Waals surface area contributed by atoms with E-state index in [9.17, 15) is 14.7 Å². The molecule has 9 heteroatoms. The predicted molar refractivity (Wildman–Crippen MR) is 141 cm³/mol. The van der Waals surface area contributed by atoms with Crippen molar-refractivity contribution in [1.29, 1.82) is 0 Å². The zero-order chi connectivity index (χ0) is 25.1. The lowest BCUT2D eigenvalue weighted by atomic mass is 10.2. The summed E-state index contributed by atoms with van der Waals surface area (Å²) in [5.41, 5.74) is 2.16. The summed E-state index contributed by atoms with van der Waals surface area (Å²) < 4.78 is 3.58. The van der Waals surface area contributed by atoms with Crippen LogP contribution < -0.4 is 16.1 Å². The molecule has 0 spiro atoms. The Labute approximate surface area is 209 Å². The van der Waals surface area contributed by atoms with Crippen LogP contribution in [-0.4, -0.2) is 55.3 Å². The molecule has 0 aliphatic carbocycles. The quantitative estimate of drug-likeness (QED) is 0.396. The average molecular weight is 489 g/mol. The number of aromatic hydroxyl groups is 1. The zero-order valence-corrected chi connectivity index (χ0v) is 20.6. The van der Waals surface area contributed by atoms with Crippen LogP contribution in [0.3, 0.4) is 0 Å². The van der Waals surface area contributed by atoms with Crippen LogP contribution in [-0.2, 0) is 19.6 Å². The highest BCUT2D eigenvalue weighted by atomic mass is 16.3. The molecule has 1 aliphatic rings. The number of nitrogens with one attached hydrogen (secondary N) is 1. The molecular formula is C27H32N6O3.